The third kappa shape index (κ3) is 7.14. The quantitative estimate of drug-likeness (QED) is 0.569. The maximum atomic E-state index is 12.3. The van der Waals surface area contributed by atoms with Crippen LogP contribution in [0.15, 0.2) is 0 Å². The molecule has 140 valence electrons. The van der Waals surface area contributed by atoms with E-state index in [4.69, 9.17) is 0 Å². The average molecular weight is 362 g/mol. The molecule has 1 heterocycles. The molecule has 0 unspecified atom stereocenters. The Bertz CT molecular complexity index is 528. The van der Waals surface area contributed by atoms with Crippen LogP contribution in [0, 0.1) is 0 Å². The van der Waals surface area contributed by atoms with E-state index in [1.165, 1.54) is 17.5 Å². The molecular weight excluding hydrogens is 332 g/mol. The molecule has 0 aromatic carbocycles. The minimum Gasteiger partial charge on any atom is -0.339 e. The van der Waals surface area contributed by atoms with E-state index in [1.807, 2.05) is 19.0 Å². The topological polar surface area (TPSA) is 81.2 Å². The maximum Gasteiger partial charge on any atom is 0.224 e. The van der Waals surface area contributed by atoms with Gasteiger partial charge in [0.1, 0.15) is 0 Å². The highest BCUT2D eigenvalue weighted by atomic mass is 32.2. The molecule has 9 heteroatoms. The zero-order valence-corrected chi connectivity index (χ0v) is 16.0. The monoisotopic (exact) mass is 362 g/mol. The zero-order valence-electron chi connectivity index (χ0n) is 15.2. The van der Waals surface area contributed by atoms with Crippen LogP contribution < -0.4 is 0 Å². The number of carbonyl (C=O) groups is 2. The third-order valence-electron chi connectivity index (χ3n) is 4.13. The van der Waals surface area contributed by atoms with Gasteiger partial charge in [0.2, 0.25) is 21.8 Å². The SMILES string of the molecule is CC(=O)N1CCN(C(=O)CCN(CCCN(C)C)S(C)(=O)=O)CC1. The molecule has 1 aliphatic rings. The van der Waals surface area contributed by atoms with Gasteiger partial charge in [-0.1, -0.05) is 0 Å². The minimum atomic E-state index is -3.32. The molecule has 0 spiro atoms. The second-order valence-electron chi connectivity index (χ2n) is 6.46. The lowest BCUT2D eigenvalue weighted by Crippen LogP contribution is -2.50. The molecule has 8 nitrogen and oxygen atoms in total. The van der Waals surface area contributed by atoms with Crippen molar-refractivity contribution in [3.8, 4) is 0 Å². The molecule has 0 radical (unpaired) electrons. The van der Waals surface area contributed by atoms with Crippen molar-refractivity contribution in [2.24, 2.45) is 0 Å². The summed E-state index contributed by atoms with van der Waals surface area (Å²) in [5.41, 5.74) is 0. The third-order valence-corrected chi connectivity index (χ3v) is 5.44. The van der Waals surface area contributed by atoms with Gasteiger partial charge in [-0.3, -0.25) is 9.59 Å². The fraction of sp³-hybridized carbons (Fsp3) is 0.867. The van der Waals surface area contributed by atoms with Crippen molar-refractivity contribution in [3.05, 3.63) is 0 Å². The van der Waals surface area contributed by atoms with Gasteiger partial charge in [-0.25, -0.2) is 12.7 Å². The van der Waals surface area contributed by atoms with Crippen LogP contribution in [0.4, 0.5) is 0 Å². The lowest BCUT2D eigenvalue weighted by atomic mass is 10.2. The van der Waals surface area contributed by atoms with Crippen molar-refractivity contribution in [2.75, 3.05) is 66.2 Å². The average Bonchev–Trinajstić information content (AvgIpc) is 2.48. The lowest BCUT2D eigenvalue weighted by molar-refractivity contribution is -0.138. The fourth-order valence-electron chi connectivity index (χ4n) is 2.66. The first kappa shape index (κ1) is 20.9. The summed E-state index contributed by atoms with van der Waals surface area (Å²) in [5.74, 6) is -0.0364. The minimum absolute atomic E-state index is 0.0197. The molecule has 24 heavy (non-hydrogen) atoms. The van der Waals surface area contributed by atoms with Crippen LogP contribution in [0.1, 0.15) is 19.8 Å². The van der Waals surface area contributed by atoms with Gasteiger partial charge in [-0.15, -0.1) is 0 Å². The lowest BCUT2D eigenvalue weighted by Gasteiger charge is -2.34. The Labute approximate surface area is 145 Å². The molecule has 0 aliphatic carbocycles. The number of hydrogen-bond acceptors (Lipinski definition) is 5. The summed E-state index contributed by atoms with van der Waals surface area (Å²) in [6.07, 6.45) is 2.08. The first-order chi connectivity index (χ1) is 11.1. The van der Waals surface area contributed by atoms with Crippen molar-refractivity contribution < 1.29 is 18.0 Å². The maximum absolute atomic E-state index is 12.3. The summed E-state index contributed by atoms with van der Waals surface area (Å²) in [7, 11) is 0.561. The summed E-state index contributed by atoms with van der Waals surface area (Å²) in [5, 5.41) is 0. The van der Waals surface area contributed by atoms with E-state index in [2.05, 4.69) is 0 Å². The van der Waals surface area contributed by atoms with Crippen LogP contribution in [0.5, 0.6) is 0 Å². The predicted molar refractivity (Wildman–Crippen MR) is 93.0 cm³/mol. The van der Waals surface area contributed by atoms with E-state index >= 15 is 0 Å². The molecule has 1 saturated heterocycles. The Morgan fingerprint density at radius 2 is 1.50 bits per heavy atom. The summed E-state index contributed by atoms with van der Waals surface area (Å²) < 4.78 is 25.1. The van der Waals surface area contributed by atoms with Crippen LogP contribution in [0.25, 0.3) is 0 Å². The highest BCUT2D eigenvalue weighted by Crippen LogP contribution is 2.07. The molecule has 1 aliphatic heterocycles. The van der Waals surface area contributed by atoms with Gasteiger partial charge in [-0.2, -0.15) is 0 Å². The van der Waals surface area contributed by atoms with Crippen molar-refractivity contribution >= 4 is 21.8 Å². The second-order valence-corrected chi connectivity index (χ2v) is 8.44. The van der Waals surface area contributed by atoms with E-state index in [-0.39, 0.29) is 24.8 Å². The molecule has 1 rings (SSSR count). The van der Waals surface area contributed by atoms with E-state index < -0.39 is 10.0 Å². The van der Waals surface area contributed by atoms with Gasteiger partial charge in [-0.05, 0) is 27.1 Å². The number of hydrogen-bond donors (Lipinski definition) is 0. The number of nitrogens with zero attached hydrogens (tertiary/aromatic N) is 4. The molecular formula is C15H30N4O4S. The summed E-state index contributed by atoms with van der Waals surface area (Å²) in [6.45, 7) is 5.05. The summed E-state index contributed by atoms with van der Waals surface area (Å²) >= 11 is 0. The van der Waals surface area contributed by atoms with E-state index in [0.717, 1.165) is 13.0 Å². The standard InChI is InChI=1S/C15H30N4O4S/c1-14(20)17-10-12-18(13-11-17)15(21)6-9-19(24(4,22)23)8-5-7-16(2)3/h5-13H2,1-4H3. The van der Waals surface area contributed by atoms with Crippen LogP contribution >= 0.6 is 0 Å². The molecule has 0 aromatic heterocycles. The highest BCUT2D eigenvalue weighted by Gasteiger charge is 2.24. The summed E-state index contributed by atoms with van der Waals surface area (Å²) in [6, 6.07) is 0. The van der Waals surface area contributed by atoms with Crippen LogP contribution in [0.3, 0.4) is 0 Å². The number of amides is 2. The zero-order chi connectivity index (χ0) is 18.3. The van der Waals surface area contributed by atoms with Gasteiger partial charge in [0.05, 0.1) is 6.26 Å². The van der Waals surface area contributed by atoms with Crippen LogP contribution in [0.2, 0.25) is 0 Å². The normalized spacial score (nSPS) is 16.1. The molecule has 2 amide bonds. The van der Waals surface area contributed by atoms with E-state index in [1.54, 1.807) is 9.80 Å². The van der Waals surface area contributed by atoms with Gasteiger partial charge in [0.25, 0.3) is 0 Å². The smallest absolute Gasteiger partial charge is 0.224 e. The Kier molecular flexibility index (Phi) is 8.11. The first-order valence-electron chi connectivity index (χ1n) is 8.24. The largest absolute Gasteiger partial charge is 0.339 e. The van der Waals surface area contributed by atoms with Crippen LogP contribution in [-0.4, -0.2) is 105 Å². The van der Waals surface area contributed by atoms with Gasteiger partial charge in [0.15, 0.2) is 0 Å². The molecule has 0 saturated carbocycles. The molecule has 0 aromatic rings. The Hall–Kier alpha value is -1.19. The van der Waals surface area contributed by atoms with Crippen molar-refractivity contribution in [1.82, 2.24) is 19.0 Å². The molecule has 0 N–H and O–H groups in total. The van der Waals surface area contributed by atoms with Gasteiger partial charge in [0, 0.05) is 52.6 Å². The van der Waals surface area contributed by atoms with E-state index in [9.17, 15) is 18.0 Å². The molecule has 1 fully saturated rings. The molecule has 0 bridgehead atoms. The number of piperazine rings is 1. The Balaban J connectivity index is 2.45. The van der Waals surface area contributed by atoms with Crippen molar-refractivity contribution in [3.63, 3.8) is 0 Å². The Morgan fingerprint density at radius 3 is 1.96 bits per heavy atom. The van der Waals surface area contributed by atoms with Gasteiger partial charge < -0.3 is 14.7 Å². The fourth-order valence-corrected chi connectivity index (χ4v) is 3.54. The summed E-state index contributed by atoms with van der Waals surface area (Å²) in [4.78, 5) is 29.0. The first-order valence-corrected chi connectivity index (χ1v) is 10.1. The van der Waals surface area contributed by atoms with E-state index in [0.29, 0.717) is 32.7 Å². The number of sulfonamides is 1. The second kappa shape index (κ2) is 9.33. The van der Waals surface area contributed by atoms with Crippen molar-refractivity contribution in [1.29, 1.82) is 0 Å². The Morgan fingerprint density at radius 1 is 0.958 bits per heavy atom. The van der Waals surface area contributed by atoms with Crippen LogP contribution in [-0.2, 0) is 19.6 Å². The number of carbonyl (C=O) groups excluding carboxylic acids is 2. The predicted octanol–water partition coefficient (Wildman–Crippen LogP) is -0.719. The van der Waals surface area contributed by atoms with Gasteiger partial charge >= 0.3 is 0 Å². The van der Waals surface area contributed by atoms with Crippen molar-refractivity contribution in [2.45, 2.75) is 19.8 Å². The molecule has 0 atom stereocenters. The number of rotatable bonds is 8. The highest BCUT2D eigenvalue weighted by molar-refractivity contribution is 7.88.